The largest absolute Gasteiger partial charge is 0.350 e. The van der Waals surface area contributed by atoms with Crippen LogP contribution in [0.4, 0.5) is 11.4 Å². The van der Waals surface area contributed by atoms with Gasteiger partial charge in [0.15, 0.2) is 0 Å². The molecule has 33 heavy (non-hydrogen) atoms. The third-order valence-electron chi connectivity index (χ3n) is 5.30. The number of amides is 3. The van der Waals surface area contributed by atoms with Crippen molar-refractivity contribution in [3.05, 3.63) is 107 Å². The lowest BCUT2D eigenvalue weighted by atomic mass is 10.1. The van der Waals surface area contributed by atoms with Gasteiger partial charge >= 0.3 is 0 Å². The molecular formula is C26H22ClN3O3. The van der Waals surface area contributed by atoms with Gasteiger partial charge in [0.1, 0.15) is 10.7 Å². The third-order valence-corrected chi connectivity index (χ3v) is 5.65. The molecule has 0 unspecified atom stereocenters. The van der Waals surface area contributed by atoms with Crippen molar-refractivity contribution in [1.82, 2.24) is 4.90 Å². The van der Waals surface area contributed by atoms with E-state index in [-0.39, 0.29) is 23.2 Å². The summed E-state index contributed by atoms with van der Waals surface area (Å²) in [6.07, 6.45) is 0. The summed E-state index contributed by atoms with van der Waals surface area (Å²) in [4.78, 5) is 41.4. The standard InChI is InChI=1S/C26H22ClN3O3/c1-2-29(21-14-7-4-8-15-21)24(31)19-12-9-13-20(16-19)28-23-22(27)25(32)30(26(23)33)17-18-10-5-3-6-11-18/h3-16,28H,2,17H2,1H3. The SMILES string of the molecule is CCN(C(=O)c1cccc(NC2=C(Cl)C(=O)N(Cc3ccccc3)C2=O)c1)c1ccccc1. The maximum Gasteiger partial charge on any atom is 0.279 e. The molecule has 0 saturated heterocycles. The van der Waals surface area contributed by atoms with Gasteiger partial charge in [0.2, 0.25) is 0 Å². The zero-order chi connectivity index (χ0) is 23.4. The van der Waals surface area contributed by atoms with E-state index >= 15 is 0 Å². The molecule has 1 aliphatic heterocycles. The predicted molar refractivity (Wildman–Crippen MR) is 129 cm³/mol. The van der Waals surface area contributed by atoms with E-state index in [1.54, 1.807) is 29.2 Å². The second kappa shape index (κ2) is 9.71. The Balaban J connectivity index is 1.54. The molecule has 3 aromatic rings. The highest BCUT2D eigenvalue weighted by molar-refractivity contribution is 6.48. The monoisotopic (exact) mass is 459 g/mol. The molecular weight excluding hydrogens is 438 g/mol. The van der Waals surface area contributed by atoms with Crippen molar-refractivity contribution in [1.29, 1.82) is 0 Å². The highest BCUT2D eigenvalue weighted by atomic mass is 35.5. The van der Waals surface area contributed by atoms with Crippen molar-refractivity contribution >= 4 is 40.7 Å². The Bertz CT molecular complexity index is 1230. The summed E-state index contributed by atoms with van der Waals surface area (Å²) in [7, 11) is 0. The molecule has 0 atom stereocenters. The van der Waals surface area contributed by atoms with Crippen molar-refractivity contribution in [2.45, 2.75) is 13.5 Å². The first-order valence-electron chi connectivity index (χ1n) is 10.5. The lowest BCUT2D eigenvalue weighted by Gasteiger charge is -2.21. The third kappa shape index (κ3) is 4.66. The van der Waals surface area contributed by atoms with Gasteiger partial charge in [0.25, 0.3) is 17.7 Å². The normalized spacial score (nSPS) is 13.5. The van der Waals surface area contributed by atoms with Crippen LogP contribution in [-0.2, 0) is 16.1 Å². The lowest BCUT2D eigenvalue weighted by molar-refractivity contribution is -0.138. The van der Waals surface area contributed by atoms with Gasteiger partial charge in [-0.2, -0.15) is 0 Å². The fourth-order valence-electron chi connectivity index (χ4n) is 3.65. The number of hydrogen-bond acceptors (Lipinski definition) is 4. The molecule has 0 saturated carbocycles. The molecule has 0 aliphatic carbocycles. The summed E-state index contributed by atoms with van der Waals surface area (Å²) >= 11 is 6.22. The van der Waals surface area contributed by atoms with Crippen LogP contribution in [-0.4, -0.2) is 29.2 Å². The second-order valence-corrected chi connectivity index (χ2v) is 7.84. The minimum atomic E-state index is -0.554. The zero-order valence-corrected chi connectivity index (χ0v) is 18.8. The molecule has 1 heterocycles. The molecule has 1 N–H and O–H groups in total. The molecule has 166 valence electrons. The van der Waals surface area contributed by atoms with Crippen molar-refractivity contribution in [3.8, 4) is 0 Å². The molecule has 0 radical (unpaired) electrons. The Morgan fingerprint density at radius 3 is 2.24 bits per heavy atom. The number of hydrogen-bond donors (Lipinski definition) is 1. The van der Waals surface area contributed by atoms with E-state index in [1.807, 2.05) is 67.6 Å². The van der Waals surface area contributed by atoms with Crippen molar-refractivity contribution in [2.24, 2.45) is 0 Å². The van der Waals surface area contributed by atoms with E-state index < -0.39 is 11.8 Å². The lowest BCUT2D eigenvalue weighted by Crippen LogP contribution is -2.32. The minimum absolute atomic E-state index is 0.00222. The quantitative estimate of drug-likeness (QED) is 0.516. The van der Waals surface area contributed by atoms with E-state index in [2.05, 4.69) is 5.32 Å². The van der Waals surface area contributed by atoms with E-state index in [4.69, 9.17) is 11.6 Å². The number of nitrogens with one attached hydrogen (secondary N) is 1. The van der Waals surface area contributed by atoms with Crippen LogP contribution in [0.3, 0.4) is 0 Å². The summed E-state index contributed by atoms with van der Waals surface area (Å²) < 4.78 is 0. The maximum atomic E-state index is 13.1. The summed E-state index contributed by atoms with van der Waals surface area (Å²) in [5.41, 5.74) is 2.54. The smallest absolute Gasteiger partial charge is 0.279 e. The van der Waals surface area contributed by atoms with Crippen LogP contribution in [0.5, 0.6) is 0 Å². The molecule has 0 spiro atoms. The number of halogens is 1. The average Bonchev–Trinajstić information content (AvgIpc) is 3.04. The van der Waals surface area contributed by atoms with Crippen LogP contribution in [0.25, 0.3) is 0 Å². The first-order chi connectivity index (χ1) is 16.0. The number of benzene rings is 3. The van der Waals surface area contributed by atoms with Gasteiger partial charge in [0.05, 0.1) is 6.54 Å². The highest BCUT2D eigenvalue weighted by Crippen LogP contribution is 2.27. The fourth-order valence-corrected chi connectivity index (χ4v) is 3.88. The van der Waals surface area contributed by atoms with E-state index in [1.165, 1.54) is 0 Å². The molecule has 3 amide bonds. The Kier molecular flexibility index (Phi) is 6.56. The first kappa shape index (κ1) is 22.3. The van der Waals surface area contributed by atoms with Gasteiger partial charge in [-0.1, -0.05) is 66.2 Å². The summed E-state index contributed by atoms with van der Waals surface area (Å²) in [5, 5.41) is 2.77. The predicted octanol–water partition coefficient (Wildman–Crippen LogP) is 4.78. The summed E-state index contributed by atoms with van der Waals surface area (Å²) in [6.45, 7) is 2.53. The van der Waals surface area contributed by atoms with Crippen LogP contribution < -0.4 is 10.2 Å². The maximum absolute atomic E-state index is 13.1. The average molecular weight is 460 g/mol. The fraction of sp³-hybridized carbons (Fsp3) is 0.115. The van der Waals surface area contributed by atoms with Gasteiger partial charge in [-0.15, -0.1) is 0 Å². The van der Waals surface area contributed by atoms with Crippen LogP contribution in [0.2, 0.25) is 0 Å². The second-order valence-electron chi connectivity index (χ2n) is 7.46. The summed E-state index contributed by atoms with van der Waals surface area (Å²) in [5.74, 6) is -1.24. The Hall–Kier alpha value is -3.90. The number of imide groups is 1. The summed E-state index contributed by atoms with van der Waals surface area (Å²) in [6, 6.07) is 25.4. The minimum Gasteiger partial charge on any atom is -0.350 e. The van der Waals surface area contributed by atoms with Crippen LogP contribution in [0.1, 0.15) is 22.8 Å². The highest BCUT2D eigenvalue weighted by Gasteiger charge is 2.37. The molecule has 0 aromatic heterocycles. The van der Waals surface area contributed by atoms with Gasteiger partial charge in [-0.3, -0.25) is 19.3 Å². The Morgan fingerprint density at radius 2 is 1.58 bits per heavy atom. The van der Waals surface area contributed by atoms with E-state index in [0.717, 1.165) is 16.2 Å². The van der Waals surface area contributed by atoms with Crippen molar-refractivity contribution in [2.75, 3.05) is 16.8 Å². The molecule has 0 bridgehead atoms. The van der Waals surface area contributed by atoms with Gasteiger partial charge in [-0.25, -0.2) is 0 Å². The molecule has 0 fully saturated rings. The molecule has 7 heteroatoms. The van der Waals surface area contributed by atoms with Gasteiger partial charge in [-0.05, 0) is 42.8 Å². The number of carbonyl (C=O) groups excluding carboxylic acids is 3. The zero-order valence-electron chi connectivity index (χ0n) is 18.0. The van der Waals surface area contributed by atoms with Gasteiger partial charge < -0.3 is 10.2 Å². The van der Waals surface area contributed by atoms with Crippen LogP contribution >= 0.6 is 11.6 Å². The van der Waals surface area contributed by atoms with E-state index in [9.17, 15) is 14.4 Å². The Morgan fingerprint density at radius 1 is 0.909 bits per heavy atom. The molecule has 3 aromatic carbocycles. The van der Waals surface area contributed by atoms with Crippen molar-refractivity contribution in [3.63, 3.8) is 0 Å². The number of para-hydroxylation sites is 1. The molecule has 6 nitrogen and oxygen atoms in total. The molecule has 4 rings (SSSR count). The van der Waals surface area contributed by atoms with Crippen molar-refractivity contribution < 1.29 is 14.4 Å². The molecule has 1 aliphatic rings. The van der Waals surface area contributed by atoms with Crippen LogP contribution in [0.15, 0.2) is 95.7 Å². The number of rotatable bonds is 7. The topological polar surface area (TPSA) is 69.7 Å². The Labute approximate surface area is 197 Å². The van der Waals surface area contributed by atoms with Gasteiger partial charge in [0, 0.05) is 23.5 Å². The van der Waals surface area contributed by atoms with E-state index in [0.29, 0.717) is 17.8 Å². The first-order valence-corrected chi connectivity index (χ1v) is 10.9. The number of carbonyl (C=O) groups is 3. The number of nitrogens with zero attached hydrogens (tertiary/aromatic N) is 2. The number of anilines is 2. The van der Waals surface area contributed by atoms with Crippen LogP contribution in [0, 0.1) is 0 Å².